The van der Waals surface area contributed by atoms with Crippen LogP contribution in [0.5, 0.6) is 0 Å². The lowest BCUT2D eigenvalue weighted by atomic mass is 10.2. The fourth-order valence-corrected chi connectivity index (χ4v) is 4.33. The van der Waals surface area contributed by atoms with Crippen molar-refractivity contribution in [1.82, 2.24) is 4.31 Å². The van der Waals surface area contributed by atoms with E-state index in [2.05, 4.69) is 0 Å². The number of sulfonamides is 1. The predicted molar refractivity (Wildman–Crippen MR) is 90.3 cm³/mol. The summed E-state index contributed by atoms with van der Waals surface area (Å²) >= 11 is 0. The third-order valence-electron chi connectivity index (χ3n) is 3.92. The molecule has 0 spiro atoms. The molecule has 1 aliphatic heterocycles. The Morgan fingerprint density at radius 3 is 2.22 bits per heavy atom. The molecule has 1 aliphatic rings. The molecule has 0 aliphatic carbocycles. The molecule has 2 aromatic carbocycles. The maximum Gasteiger partial charge on any atom is 0.218 e. The van der Waals surface area contributed by atoms with Gasteiger partial charge in [0.2, 0.25) is 10.0 Å². The minimum absolute atomic E-state index is 0.0786. The van der Waals surface area contributed by atoms with E-state index in [1.807, 2.05) is 60.7 Å². The smallest absolute Gasteiger partial charge is 0.218 e. The van der Waals surface area contributed by atoms with Gasteiger partial charge in [-0.25, -0.2) is 8.42 Å². The Balaban J connectivity index is 1.41. The first-order chi connectivity index (χ1) is 11.1. The van der Waals surface area contributed by atoms with E-state index in [1.165, 1.54) is 0 Å². The Hall–Kier alpha value is -1.69. The van der Waals surface area contributed by atoms with Crippen LogP contribution in [0, 0.1) is 0 Å². The van der Waals surface area contributed by atoms with E-state index in [9.17, 15) is 8.42 Å². The molecular formula is C18H21NO3S. The highest BCUT2D eigenvalue weighted by atomic mass is 32.2. The van der Waals surface area contributed by atoms with Crippen LogP contribution in [0.15, 0.2) is 60.7 Å². The summed E-state index contributed by atoms with van der Waals surface area (Å²) in [5.74, 6) is 0.0786. The molecule has 0 amide bonds. The van der Waals surface area contributed by atoms with Gasteiger partial charge in [0.25, 0.3) is 0 Å². The van der Waals surface area contributed by atoms with E-state index >= 15 is 0 Å². The Bertz CT molecular complexity index is 716. The van der Waals surface area contributed by atoms with Crippen molar-refractivity contribution in [2.45, 2.75) is 24.8 Å². The largest absolute Gasteiger partial charge is 0.377 e. The lowest BCUT2D eigenvalue weighted by Gasteiger charge is -2.07. The first-order valence-corrected chi connectivity index (χ1v) is 9.41. The van der Waals surface area contributed by atoms with E-state index in [4.69, 9.17) is 4.74 Å². The normalized spacial score (nSPS) is 20.3. The average molecular weight is 331 g/mol. The molecule has 0 radical (unpaired) electrons. The summed E-state index contributed by atoms with van der Waals surface area (Å²) in [4.78, 5) is 0. The average Bonchev–Trinajstić information content (AvgIpc) is 3.34. The number of hydrogen-bond donors (Lipinski definition) is 0. The van der Waals surface area contributed by atoms with E-state index in [-0.39, 0.29) is 11.8 Å². The fraction of sp³-hybridized carbons (Fsp3) is 0.333. The molecule has 2 atom stereocenters. The number of nitrogens with zero attached hydrogens (tertiary/aromatic N) is 1. The zero-order valence-electron chi connectivity index (χ0n) is 13.0. The molecule has 0 saturated carbocycles. The van der Waals surface area contributed by atoms with Gasteiger partial charge in [-0.1, -0.05) is 60.7 Å². The highest BCUT2D eigenvalue weighted by molar-refractivity contribution is 7.88. The van der Waals surface area contributed by atoms with Crippen LogP contribution in [-0.4, -0.2) is 31.9 Å². The molecule has 0 N–H and O–H groups in total. The topological polar surface area (TPSA) is 46.4 Å². The second-order valence-electron chi connectivity index (χ2n) is 5.79. The molecule has 0 bridgehead atoms. The minimum Gasteiger partial charge on any atom is -0.377 e. The van der Waals surface area contributed by atoms with Crippen molar-refractivity contribution in [1.29, 1.82) is 0 Å². The number of benzene rings is 2. The highest BCUT2D eigenvalue weighted by Crippen LogP contribution is 2.27. The molecule has 3 rings (SSSR count). The summed E-state index contributed by atoms with van der Waals surface area (Å²) < 4.78 is 31.8. The van der Waals surface area contributed by atoms with Gasteiger partial charge < -0.3 is 4.74 Å². The minimum atomic E-state index is -3.20. The monoisotopic (exact) mass is 331 g/mol. The predicted octanol–water partition coefficient (Wildman–Crippen LogP) is 2.81. The quantitative estimate of drug-likeness (QED) is 0.552. The maximum absolute atomic E-state index is 12.3. The molecule has 1 fully saturated rings. The van der Waals surface area contributed by atoms with Crippen LogP contribution >= 0.6 is 0 Å². The van der Waals surface area contributed by atoms with Crippen molar-refractivity contribution in [3.05, 3.63) is 71.8 Å². The van der Waals surface area contributed by atoms with Crippen molar-refractivity contribution in [3.63, 3.8) is 0 Å². The van der Waals surface area contributed by atoms with Crippen LogP contribution in [-0.2, 0) is 27.1 Å². The molecule has 0 aromatic heterocycles. The zero-order valence-corrected chi connectivity index (χ0v) is 13.8. The van der Waals surface area contributed by atoms with Crippen molar-refractivity contribution in [3.8, 4) is 0 Å². The molecule has 1 heterocycles. The third-order valence-corrected chi connectivity index (χ3v) is 5.78. The lowest BCUT2D eigenvalue weighted by Crippen LogP contribution is -2.17. The maximum atomic E-state index is 12.3. The summed E-state index contributed by atoms with van der Waals surface area (Å²) in [5.41, 5.74) is 1.97. The summed E-state index contributed by atoms with van der Waals surface area (Å²) in [6.45, 7) is 1.77. The lowest BCUT2D eigenvalue weighted by molar-refractivity contribution is 0.117. The van der Waals surface area contributed by atoms with Crippen LogP contribution in [0.1, 0.15) is 17.5 Å². The molecule has 2 aromatic rings. The third kappa shape index (κ3) is 4.64. The summed E-state index contributed by atoms with van der Waals surface area (Å²) in [6, 6.07) is 19.4. The fourth-order valence-electron chi connectivity index (χ4n) is 2.59. The molecule has 23 heavy (non-hydrogen) atoms. The summed E-state index contributed by atoms with van der Waals surface area (Å²) in [7, 11) is -3.20. The Morgan fingerprint density at radius 1 is 0.957 bits per heavy atom. The first-order valence-electron chi connectivity index (χ1n) is 7.80. The van der Waals surface area contributed by atoms with Gasteiger partial charge >= 0.3 is 0 Å². The SMILES string of the molecule is O=S(=O)(Cc1ccccc1)[N@]1CC1CCOCc1ccccc1. The first kappa shape index (κ1) is 16.2. The van der Waals surface area contributed by atoms with Gasteiger partial charge in [-0.3, -0.25) is 0 Å². The standard InChI is InChI=1S/C18H21NO3S/c20-23(21,15-17-9-5-2-6-10-17)19-13-18(19)11-12-22-14-16-7-3-1-4-8-16/h1-10,18H,11-15H2/t18?,19-/m1/s1. The van der Waals surface area contributed by atoms with Gasteiger partial charge in [-0.2, -0.15) is 4.31 Å². The van der Waals surface area contributed by atoms with Crippen LogP contribution in [0.2, 0.25) is 0 Å². The number of ether oxygens (including phenoxy) is 1. The van der Waals surface area contributed by atoms with Gasteiger partial charge in [-0.15, -0.1) is 0 Å². The number of hydrogen-bond acceptors (Lipinski definition) is 3. The van der Waals surface area contributed by atoms with E-state index < -0.39 is 10.0 Å². The van der Waals surface area contributed by atoms with Crippen molar-refractivity contribution in [2.24, 2.45) is 0 Å². The van der Waals surface area contributed by atoms with Crippen molar-refractivity contribution >= 4 is 10.0 Å². The second kappa shape index (κ2) is 7.25. The van der Waals surface area contributed by atoms with Gasteiger partial charge in [0.15, 0.2) is 0 Å². The van der Waals surface area contributed by atoms with E-state index in [0.29, 0.717) is 19.8 Å². The molecule has 4 nitrogen and oxygen atoms in total. The van der Waals surface area contributed by atoms with Gasteiger partial charge in [-0.05, 0) is 17.5 Å². The van der Waals surface area contributed by atoms with Gasteiger partial charge in [0, 0.05) is 19.2 Å². The van der Waals surface area contributed by atoms with E-state index in [1.54, 1.807) is 4.31 Å². The Labute approximate surface area is 137 Å². The number of rotatable bonds is 8. The highest BCUT2D eigenvalue weighted by Gasteiger charge is 2.42. The van der Waals surface area contributed by atoms with Crippen molar-refractivity contribution in [2.75, 3.05) is 13.2 Å². The second-order valence-corrected chi connectivity index (χ2v) is 7.71. The van der Waals surface area contributed by atoms with Gasteiger partial charge in [0.05, 0.1) is 12.4 Å². The van der Waals surface area contributed by atoms with Crippen LogP contribution in [0.25, 0.3) is 0 Å². The van der Waals surface area contributed by atoms with Crippen LogP contribution in [0.4, 0.5) is 0 Å². The molecule has 5 heteroatoms. The molecule has 1 saturated heterocycles. The molecular weight excluding hydrogens is 310 g/mol. The Morgan fingerprint density at radius 2 is 1.57 bits per heavy atom. The zero-order chi connectivity index (χ0) is 16.1. The van der Waals surface area contributed by atoms with Crippen molar-refractivity contribution < 1.29 is 13.2 Å². The Kier molecular flexibility index (Phi) is 5.10. The summed E-state index contributed by atoms with van der Waals surface area (Å²) in [6.07, 6.45) is 0.751. The molecule has 1 unspecified atom stereocenters. The van der Waals surface area contributed by atoms with E-state index in [0.717, 1.165) is 17.5 Å². The van der Waals surface area contributed by atoms with Gasteiger partial charge in [0.1, 0.15) is 0 Å². The molecule has 122 valence electrons. The van der Waals surface area contributed by atoms with Crippen LogP contribution in [0.3, 0.4) is 0 Å². The summed E-state index contributed by atoms with van der Waals surface area (Å²) in [5, 5.41) is 0. The van der Waals surface area contributed by atoms with Crippen LogP contribution < -0.4 is 0 Å².